The van der Waals surface area contributed by atoms with E-state index in [1.807, 2.05) is 6.92 Å². The molecule has 0 aliphatic rings. The third kappa shape index (κ3) is 6.31. The minimum atomic E-state index is -3.73. The Labute approximate surface area is 182 Å². The monoisotopic (exact) mass is 440 g/mol. The summed E-state index contributed by atoms with van der Waals surface area (Å²) in [5, 5.41) is 2.78. The number of sulfonamides is 1. The maximum Gasteiger partial charge on any atom is 0.261 e. The van der Waals surface area contributed by atoms with Gasteiger partial charge in [-0.3, -0.25) is 9.52 Å². The highest BCUT2D eigenvalue weighted by molar-refractivity contribution is 7.92. The largest absolute Gasteiger partial charge is 0.490 e. The number of ether oxygens (including phenoxy) is 2. The molecule has 0 saturated heterocycles. The van der Waals surface area contributed by atoms with Crippen LogP contribution in [0.1, 0.15) is 17.3 Å². The van der Waals surface area contributed by atoms with Crippen molar-refractivity contribution in [1.82, 2.24) is 0 Å². The topological polar surface area (TPSA) is 93.7 Å². The third-order valence-electron chi connectivity index (χ3n) is 4.25. The van der Waals surface area contributed by atoms with Crippen LogP contribution in [-0.4, -0.2) is 34.1 Å². The van der Waals surface area contributed by atoms with Crippen LogP contribution in [0.25, 0.3) is 0 Å². The first kappa shape index (κ1) is 22.3. The van der Waals surface area contributed by atoms with Gasteiger partial charge in [0.05, 0.1) is 22.8 Å². The molecule has 31 heavy (non-hydrogen) atoms. The van der Waals surface area contributed by atoms with Crippen molar-refractivity contribution < 1.29 is 22.7 Å². The minimum absolute atomic E-state index is 0.155. The molecule has 0 fully saturated rings. The number of hydrogen-bond acceptors (Lipinski definition) is 5. The maximum atomic E-state index is 12.8. The SMILES string of the molecule is CCOCCOc1ccccc1C(=O)Nc1cccc(NS(=O)(=O)c2ccccc2)c1. The molecule has 0 aliphatic carbocycles. The average molecular weight is 441 g/mol. The molecule has 0 spiro atoms. The van der Waals surface area contributed by atoms with Gasteiger partial charge in [0.15, 0.2) is 0 Å². The summed E-state index contributed by atoms with van der Waals surface area (Å²) in [4.78, 5) is 12.9. The Morgan fingerprint density at radius 2 is 1.58 bits per heavy atom. The van der Waals surface area contributed by atoms with E-state index in [2.05, 4.69) is 10.0 Å². The quantitative estimate of drug-likeness (QED) is 0.462. The fraction of sp³-hybridized carbons (Fsp3) is 0.174. The molecule has 162 valence electrons. The molecule has 8 heteroatoms. The molecular weight excluding hydrogens is 416 g/mol. The van der Waals surface area contributed by atoms with Gasteiger partial charge >= 0.3 is 0 Å². The third-order valence-corrected chi connectivity index (χ3v) is 5.64. The van der Waals surface area contributed by atoms with Crippen molar-refractivity contribution in [3.8, 4) is 5.75 Å². The first-order valence-corrected chi connectivity index (χ1v) is 11.3. The average Bonchev–Trinajstić information content (AvgIpc) is 2.77. The standard InChI is InChI=1S/C23H24N2O5S/c1-2-29-15-16-30-22-14-7-6-13-21(22)23(26)24-18-9-8-10-19(17-18)25-31(27,28)20-11-4-3-5-12-20/h3-14,17,25H,2,15-16H2,1H3,(H,24,26). The Bertz CT molecular complexity index is 1120. The van der Waals surface area contributed by atoms with Gasteiger partial charge in [-0.05, 0) is 49.4 Å². The molecule has 0 bridgehead atoms. The van der Waals surface area contributed by atoms with Gasteiger partial charge in [0.2, 0.25) is 0 Å². The Hall–Kier alpha value is -3.36. The molecule has 0 aliphatic heterocycles. The highest BCUT2D eigenvalue weighted by atomic mass is 32.2. The van der Waals surface area contributed by atoms with Gasteiger partial charge in [-0.15, -0.1) is 0 Å². The molecule has 3 aromatic rings. The summed E-state index contributed by atoms with van der Waals surface area (Å²) in [7, 11) is -3.73. The molecule has 3 aromatic carbocycles. The van der Waals surface area contributed by atoms with Gasteiger partial charge in [0, 0.05) is 12.3 Å². The Morgan fingerprint density at radius 1 is 0.871 bits per heavy atom. The summed E-state index contributed by atoms with van der Waals surface area (Å²) in [5.41, 5.74) is 1.15. The number of benzene rings is 3. The van der Waals surface area contributed by atoms with E-state index in [0.717, 1.165) is 0 Å². The summed E-state index contributed by atoms with van der Waals surface area (Å²) in [6.07, 6.45) is 0. The van der Waals surface area contributed by atoms with Crippen molar-refractivity contribution in [1.29, 1.82) is 0 Å². The molecule has 2 N–H and O–H groups in total. The summed E-state index contributed by atoms with van der Waals surface area (Å²) in [6, 6.07) is 21.5. The van der Waals surface area contributed by atoms with Gasteiger partial charge in [-0.25, -0.2) is 8.42 Å². The van der Waals surface area contributed by atoms with Crippen LogP contribution in [-0.2, 0) is 14.8 Å². The van der Waals surface area contributed by atoms with Gasteiger partial charge < -0.3 is 14.8 Å². The number of anilines is 2. The van der Waals surface area contributed by atoms with Crippen LogP contribution in [0.2, 0.25) is 0 Å². The van der Waals surface area contributed by atoms with Crippen molar-refractivity contribution >= 4 is 27.3 Å². The van der Waals surface area contributed by atoms with Crippen LogP contribution in [0, 0.1) is 0 Å². The van der Waals surface area contributed by atoms with E-state index in [9.17, 15) is 13.2 Å². The van der Waals surface area contributed by atoms with Crippen molar-refractivity contribution in [2.45, 2.75) is 11.8 Å². The molecule has 0 saturated carbocycles. The van der Waals surface area contributed by atoms with Crippen LogP contribution < -0.4 is 14.8 Å². The van der Waals surface area contributed by atoms with Crippen LogP contribution in [0.15, 0.2) is 83.8 Å². The molecule has 1 amide bonds. The fourth-order valence-corrected chi connectivity index (χ4v) is 3.88. The highest BCUT2D eigenvalue weighted by Crippen LogP contribution is 2.22. The molecule has 0 aromatic heterocycles. The zero-order valence-electron chi connectivity index (χ0n) is 17.1. The van der Waals surface area contributed by atoms with E-state index in [-0.39, 0.29) is 10.8 Å². The zero-order valence-corrected chi connectivity index (χ0v) is 17.9. The van der Waals surface area contributed by atoms with E-state index < -0.39 is 10.0 Å². The molecule has 0 atom stereocenters. The second-order valence-corrected chi connectivity index (χ2v) is 8.18. The normalized spacial score (nSPS) is 11.0. The number of rotatable bonds is 10. The minimum Gasteiger partial charge on any atom is -0.490 e. The number of hydrogen-bond donors (Lipinski definition) is 2. The van der Waals surface area contributed by atoms with Crippen LogP contribution in [0.5, 0.6) is 5.75 Å². The van der Waals surface area contributed by atoms with Gasteiger partial charge in [0.1, 0.15) is 12.4 Å². The van der Waals surface area contributed by atoms with Gasteiger partial charge in [-0.2, -0.15) is 0 Å². The highest BCUT2D eigenvalue weighted by Gasteiger charge is 2.15. The molecule has 0 radical (unpaired) electrons. The van der Waals surface area contributed by atoms with Crippen molar-refractivity contribution in [3.05, 3.63) is 84.4 Å². The molecule has 3 rings (SSSR count). The lowest BCUT2D eigenvalue weighted by molar-refractivity contribution is 0.0998. The second-order valence-electron chi connectivity index (χ2n) is 6.50. The van der Waals surface area contributed by atoms with Crippen molar-refractivity contribution in [2.24, 2.45) is 0 Å². The Morgan fingerprint density at radius 3 is 2.35 bits per heavy atom. The van der Waals surface area contributed by atoms with E-state index >= 15 is 0 Å². The molecule has 0 heterocycles. The van der Waals surface area contributed by atoms with Crippen molar-refractivity contribution in [2.75, 3.05) is 29.9 Å². The summed E-state index contributed by atoms with van der Waals surface area (Å²) in [5.74, 6) is 0.0794. The number of para-hydroxylation sites is 1. The van der Waals surface area contributed by atoms with Gasteiger partial charge in [-0.1, -0.05) is 36.4 Å². The molecule has 7 nitrogen and oxygen atoms in total. The van der Waals surface area contributed by atoms with Crippen molar-refractivity contribution in [3.63, 3.8) is 0 Å². The number of carbonyl (C=O) groups is 1. The van der Waals surface area contributed by atoms with Crippen LogP contribution in [0.4, 0.5) is 11.4 Å². The maximum absolute atomic E-state index is 12.8. The van der Waals surface area contributed by atoms with E-state index in [1.165, 1.54) is 12.1 Å². The number of amides is 1. The van der Waals surface area contributed by atoms with Gasteiger partial charge in [0.25, 0.3) is 15.9 Å². The summed E-state index contributed by atoms with van der Waals surface area (Å²) >= 11 is 0. The zero-order chi connectivity index (χ0) is 22.1. The lowest BCUT2D eigenvalue weighted by Gasteiger charge is -2.13. The number of nitrogens with one attached hydrogen (secondary N) is 2. The lowest BCUT2D eigenvalue weighted by Crippen LogP contribution is -2.16. The first-order chi connectivity index (χ1) is 15.0. The van der Waals surface area contributed by atoms with E-state index in [1.54, 1.807) is 66.7 Å². The fourth-order valence-electron chi connectivity index (χ4n) is 2.81. The second kappa shape index (κ2) is 10.6. The Kier molecular flexibility index (Phi) is 7.64. The predicted octanol–water partition coefficient (Wildman–Crippen LogP) is 4.16. The lowest BCUT2D eigenvalue weighted by atomic mass is 10.2. The summed E-state index contributed by atoms with van der Waals surface area (Å²) < 4.78 is 38.5. The smallest absolute Gasteiger partial charge is 0.261 e. The number of carbonyl (C=O) groups excluding carboxylic acids is 1. The summed E-state index contributed by atoms with van der Waals surface area (Å²) in [6.45, 7) is 3.25. The van der Waals surface area contributed by atoms with E-state index in [4.69, 9.17) is 9.47 Å². The molecular formula is C23H24N2O5S. The Balaban J connectivity index is 1.71. The van der Waals surface area contributed by atoms with Crippen LogP contribution >= 0.6 is 0 Å². The predicted molar refractivity (Wildman–Crippen MR) is 120 cm³/mol. The van der Waals surface area contributed by atoms with Crippen LogP contribution in [0.3, 0.4) is 0 Å². The first-order valence-electron chi connectivity index (χ1n) is 9.78. The van der Waals surface area contributed by atoms with E-state index in [0.29, 0.717) is 42.5 Å². The molecule has 0 unspecified atom stereocenters.